The Morgan fingerprint density at radius 2 is 2.15 bits per heavy atom. The molecule has 0 radical (unpaired) electrons. The zero-order chi connectivity index (χ0) is 19.1. The molecule has 7 nitrogen and oxygen atoms in total. The number of benzene rings is 1. The maximum absolute atomic E-state index is 12.2. The van der Waals surface area contributed by atoms with Crippen LogP contribution in [0.2, 0.25) is 0 Å². The SMILES string of the molecule is C=C(C)COc1c(CN2CCNC(=O)[C@@H]2CC(=O)OC)cccc1OC. The van der Waals surface area contributed by atoms with Crippen molar-refractivity contribution in [2.24, 2.45) is 0 Å². The largest absolute Gasteiger partial charge is 0.493 e. The Balaban J connectivity index is 2.25. The Bertz CT molecular complexity index is 674. The highest BCUT2D eigenvalue weighted by Crippen LogP contribution is 2.33. The number of carbonyl (C=O) groups excluding carboxylic acids is 2. The molecule has 0 aromatic heterocycles. The molecule has 0 aliphatic carbocycles. The van der Waals surface area contributed by atoms with Crippen LogP contribution in [0.4, 0.5) is 0 Å². The average molecular weight is 362 g/mol. The highest BCUT2D eigenvalue weighted by atomic mass is 16.5. The van der Waals surface area contributed by atoms with Gasteiger partial charge in [0.05, 0.1) is 20.6 Å². The van der Waals surface area contributed by atoms with Gasteiger partial charge in [0, 0.05) is 25.2 Å². The molecule has 0 unspecified atom stereocenters. The molecule has 1 aliphatic heterocycles. The number of hydrogen-bond donors (Lipinski definition) is 1. The number of piperazine rings is 1. The smallest absolute Gasteiger partial charge is 0.307 e. The topological polar surface area (TPSA) is 77.1 Å². The van der Waals surface area contributed by atoms with Crippen LogP contribution in [-0.2, 0) is 20.9 Å². The number of ether oxygens (including phenoxy) is 3. The summed E-state index contributed by atoms with van der Waals surface area (Å²) < 4.78 is 16.0. The van der Waals surface area contributed by atoms with Crippen LogP contribution in [0.25, 0.3) is 0 Å². The summed E-state index contributed by atoms with van der Waals surface area (Å²) in [6.07, 6.45) is 0.00819. The van der Waals surface area contributed by atoms with Crippen molar-refractivity contribution in [3.05, 3.63) is 35.9 Å². The molecular formula is C19H26N2O5. The van der Waals surface area contributed by atoms with Crippen molar-refractivity contribution in [1.82, 2.24) is 10.2 Å². The first-order valence-corrected chi connectivity index (χ1v) is 8.48. The van der Waals surface area contributed by atoms with Crippen molar-refractivity contribution in [3.63, 3.8) is 0 Å². The van der Waals surface area contributed by atoms with Crippen molar-refractivity contribution < 1.29 is 23.8 Å². The second kappa shape index (κ2) is 9.24. The summed E-state index contributed by atoms with van der Waals surface area (Å²) in [5.74, 6) is 0.658. The van der Waals surface area contributed by atoms with Crippen LogP contribution in [0.1, 0.15) is 18.9 Å². The van der Waals surface area contributed by atoms with Gasteiger partial charge in [0.1, 0.15) is 12.6 Å². The fourth-order valence-electron chi connectivity index (χ4n) is 2.84. The number of nitrogens with one attached hydrogen (secondary N) is 1. The van der Waals surface area contributed by atoms with Crippen LogP contribution in [0, 0.1) is 0 Å². The van der Waals surface area contributed by atoms with Gasteiger partial charge in [-0.1, -0.05) is 18.7 Å². The number of hydrogen-bond acceptors (Lipinski definition) is 6. The molecule has 1 fully saturated rings. The first-order valence-electron chi connectivity index (χ1n) is 8.48. The summed E-state index contributed by atoms with van der Waals surface area (Å²) in [6, 6.07) is 5.06. The highest BCUT2D eigenvalue weighted by molar-refractivity contribution is 5.87. The van der Waals surface area contributed by atoms with E-state index >= 15 is 0 Å². The standard InChI is InChI=1S/C19H26N2O5/c1-13(2)12-26-18-14(6-5-7-16(18)24-3)11-21-9-8-20-19(23)15(21)10-17(22)25-4/h5-7,15H,1,8-12H2,2-4H3,(H,20,23)/t15-/m0/s1. The molecule has 1 heterocycles. The first kappa shape index (κ1) is 19.8. The summed E-state index contributed by atoms with van der Waals surface area (Å²) in [6.45, 7) is 7.73. The van der Waals surface area contributed by atoms with Crippen LogP contribution in [-0.4, -0.2) is 56.7 Å². The summed E-state index contributed by atoms with van der Waals surface area (Å²) in [4.78, 5) is 25.9. The van der Waals surface area contributed by atoms with Crippen molar-refractivity contribution in [3.8, 4) is 11.5 Å². The fraction of sp³-hybridized carbons (Fsp3) is 0.474. The van der Waals surface area contributed by atoms with Crippen molar-refractivity contribution in [1.29, 1.82) is 0 Å². The minimum Gasteiger partial charge on any atom is -0.493 e. The Hall–Kier alpha value is -2.54. The zero-order valence-electron chi connectivity index (χ0n) is 15.5. The molecule has 2 rings (SSSR count). The van der Waals surface area contributed by atoms with Gasteiger partial charge in [-0.25, -0.2) is 0 Å². The molecule has 1 aliphatic rings. The number of para-hydroxylation sites is 1. The van der Waals surface area contributed by atoms with Gasteiger partial charge in [0.2, 0.25) is 5.91 Å². The van der Waals surface area contributed by atoms with E-state index < -0.39 is 12.0 Å². The molecule has 142 valence electrons. The summed E-state index contributed by atoms with van der Waals surface area (Å²) in [5, 5.41) is 2.80. The third-order valence-corrected chi connectivity index (χ3v) is 4.15. The molecule has 1 N–H and O–H groups in total. The fourth-order valence-corrected chi connectivity index (χ4v) is 2.84. The van der Waals surface area contributed by atoms with Gasteiger partial charge in [-0.15, -0.1) is 0 Å². The molecule has 26 heavy (non-hydrogen) atoms. The minimum absolute atomic E-state index is 0.00819. The third kappa shape index (κ3) is 4.98. The van der Waals surface area contributed by atoms with Gasteiger partial charge in [0.15, 0.2) is 11.5 Å². The molecule has 0 bridgehead atoms. The summed E-state index contributed by atoms with van der Waals surface area (Å²) in [7, 11) is 2.90. The van der Waals surface area contributed by atoms with E-state index in [1.807, 2.05) is 30.0 Å². The first-order chi connectivity index (χ1) is 12.5. The third-order valence-electron chi connectivity index (χ3n) is 4.15. The predicted molar refractivity (Wildman–Crippen MR) is 97.1 cm³/mol. The van der Waals surface area contributed by atoms with Gasteiger partial charge in [-0.05, 0) is 18.6 Å². The molecule has 1 atom stereocenters. The lowest BCUT2D eigenvalue weighted by Gasteiger charge is -2.34. The van der Waals surface area contributed by atoms with E-state index in [0.717, 1.165) is 11.1 Å². The number of amides is 1. The number of rotatable bonds is 8. The normalized spacial score (nSPS) is 17.3. The van der Waals surface area contributed by atoms with E-state index in [1.165, 1.54) is 7.11 Å². The second-order valence-electron chi connectivity index (χ2n) is 6.25. The number of esters is 1. The average Bonchev–Trinajstić information content (AvgIpc) is 2.62. The molecule has 1 amide bonds. The van der Waals surface area contributed by atoms with Gasteiger partial charge < -0.3 is 19.5 Å². The zero-order valence-corrected chi connectivity index (χ0v) is 15.5. The van der Waals surface area contributed by atoms with E-state index in [9.17, 15) is 9.59 Å². The molecule has 1 aromatic carbocycles. The van der Waals surface area contributed by atoms with Crippen molar-refractivity contribution in [2.75, 3.05) is 33.9 Å². The lowest BCUT2D eigenvalue weighted by Crippen LogP contribution is -2.55. The Labute approximate surface area is 153 Å². The maximum atomic E-state index is 12.2. The monoisotopic (exact) mass is 362 g/mol. The van der Waals surface area contributed by atoms with Crippen LogP contribution in [0.3, 0.4) is 0 Å². The minimum atomic E-state index is -0.573. The van der Waals surface area contributed by atoms with Crippen LogP contribution in [0.5, 0.6) is 11.5 Å². The van der Waals surface area contributed by atoms with Crippen molar-refractivity contribution in [2.45, 2.75) is 25.9 Å². The van der Waals surface area contributed by atoms with Gasteiger partial charge in [-0.2, -0.15) is 0 Å². The van der Waals surface area contributed by atoms with E-state index in [4.69, 9.17) is 14.2 Å². The Kier molecular flexibility index (Phi) is 7.03. The Morgan fingerprint density at radius 3 is 2.81 bits per heavy atom. The number of methoxy groups -OCH3 is 2. The molecule has 0 saturated carbocycles. The maximum Gasteiger partial charge on any atom is 0.307 e. The second-order valence-corrected chi connectivity index (χ2v) is 6.25. The predicted octanol–water partition coefficient (Wildman–Crippen LogP) is 1.51. The lowest BCUT2D eigenvalue weighted by atomic mass is 10.1. The number of carbonyl (C=O) groups is 2. The van der Waals surface area contributed by atoms with E-state index in [0.29, 0.717) is 37.7 Å². The molecule has 0 spiro atoms. The van der Waals surface area contributed by atoms with E-state index in [2.05, 4.69) is 11.9 Å². The highest BCUT2D eigenvalue weighted by Gasteiger charge is 2.32. The van der Waals surface area contributed by atoms with Gasteiger partial charge in [-0.3, -0.25) is 14.5 Å². The van der Waals surface area contributed by atoms with Crippen LogP contribution < -0.4 is 14.8 Å². The van der Waals surface area contributed by atoms with Crippen LogP contribution >= 0.6 is 0 Å². The lowest BCUT2D eigenvalue weighted by molar-refractivity contribution is -0.146. The van der Waals surface area contributed by atoms with Crippen LogP contribution in [0.15, 0.2) is 30.4 Å². The van der Waals surface area contributed by atoms with E-state index in [1.54, 1.807) is 7.11 Å². The summed E-state index contributed by atoms with van der Waals surface area (Å²) in [5.41, 5.74) is 1.78. The molecular weight excluding hydrogens is 336 g/mol. The molecule has 1 saturated heterocycles. The molecule has 7 heteroatoms. The number of nitrogens with zero attached hydrogens (tertiary/aromatic N) is 1. The quantitative estimate of drug-likeness (QED) is 0.558. The van der Waals surface area contributed by atoms with Gasteiger partial charge >= 0.3 is 5.97 Å². The van der Waals surface area contributed by atoms with E-state index in [-0.39, 0.29) is 12.3 Å². The van der Waals surface area contributed by atoms with Crippen molar-refractivity contribution >= 4 is 11.9 Å². The Morgan fingerprint density at radius 1 is 1.38 bits per heavy atom. The van der Waals surface area contributed by atoms with Gasteiger partial charge in [0.25, 0.3) is 0 Å². The summed E-state index contributed by atoms with van der Waals surface area (Å²) >= 11 is 0. The molecule has 1 aromatic rings.